The Morgan fingerprint density at radius 3 is 2.45 bits per heavy atom. The Morgan fingerprint density at radius 1 is 1.20 bits per heavy atom. The highest BCUT2D eigenvalue weighted by atomic mass is 32.1. The summed E-state index contributed by atoms with van der Waals surface area (Å²) in [5, 5.41) is 3.64. The van der Waals surface area contributed by atoms with Crippen molar-refractivity contribution in [2.24, 2.45) is 5.73 Å². The van der Waals surface area contributed by atoms with Gasteiger partial charge in [-0.2, -0.15) is 0 Å². The van der Waals surface area contributed by atoms with Crippen LogP contribution in [0.2, 0.25) is 0 Å². The summed E-state index contributed by atoms with van der Waals surface area (Å²) in [5.41, 5.74) is 8.10. The van der Waals surface area contributed by atoms with E-state index in [9.17, 15) is 0 Å². The molecule has 0 aliphatic rings. The highest BCUT2D eigenvalue weighted by Crippen LogP contribution is 2.31. The van der Waals surface area contributed by atoms with Crippen molar-refractivity contribution in [2.45, 2.75) is 44.7 Å². The Labute approximate surface area is 126 Å². The van der Waals surface area contributed by atoms with Gasteiger partial charge >= 0.3 is 0 Å². The first kappa shape index (κ1) is 15.5. The summed E-state index contributed by atoms with van der Waals surface area (Å²) in [6, 6.07) is 8.77. The monoisotopic (exact) mass is 290 g/mol. The number of hydrogen-bond donors (Lipinski definition) is 1. The SMILES string of the molecule is CCC(CC)(C(N)Cc1csc2ccccc12)N(C)C. The molecule has 0 radical (unpaired) electrons. The number of nitrogens with zero attached hydrogens (tertiary/aromatic N) is 1. The van der Waals surface area contributed by atoms with Crippen LogP contribution in [0.1, 0.15) is 32.3 Å². The van der Waals surface area contributed by atoms with Crippen LogP contribution in [0.4, 0.5) is 0 Å². The van der Waals surface area contributed by atoms with Gasteiger partial charge in [0.15, 0.2) is 0 Å². The van der Waals surface area contributed by atoms with E-state index in [0.29, 0.717) is 0 Å². The smallest absolute Gasteiger partial charge is 0.0352 e. The zero-order chi connectivity index (χ0) is 14.8. The molecular formula is C17H26N2S. The Balaban J connectivity index is 2.28. The maximum atomic E-state index is 6.62. The second-order valence-corrected chi connectivity index (χ2v) is 6.68. The van der Waals surface area contributed by atoms with E-state index in [2.05, 4.69) is 62.5 Å². The third-order valence-electron chi connectivity index (χ3n) is 4.81. The average molecular weight is 290 g/mol. The Bertz CT molecular complexity index is 555. The predicted octanol–water partition coefficient (Wildman–Crippen LogP) is 3.89. The summed E-state index contributed by atoms with van der Waals surface area (Å²) in [7, 11) is 4.30. The summed E-state index contributed by atoms with van der Waals surface area (Å²) in [5.74, 6) is 0. The number of likely N-dealkylation sites (N-methyl/N-ethyl adjacent to an activating group) is 1. The normalized spacial score (nSPS) is 14.1. The lowest BCUT2D eigenvalue weighted by atomic mass is 9.81. The molecular weight excluding hydrogens is 264 g/mol. The zero-order valence-electron chi connectivity index (χ0n) is 13.0. The van der Waals surface area contributed by atoms with Gasteiger partial charge in [0, 0.05) is 16.3 Å². The van der Waals surface area contributed by atoms with E-state index in [1.54, 1.807) is 0 Å². The van der Waals surface area contributed by atoms with E-state index >= 15 is 0 Å². The Kier molecular flexibility index (Phi) is 4.84. The third kappa shape index (κ3) is 2.62. The quantitative estimate of drug-likeness (QED) is 0.874. The maximum Gasteiger partial charge on any atom is 0.0352 e. The van der Waals surface area contributed by atoms with Crippen molar-refractivity contribution in [1.82, 2.24) is 4.90 Å². The van der Waals surface area contributed by atoms with Crippen LogP contribution in [-0.2, 0) is 6.42 Å². The average Bonchev–Trinajstić information content (AvgIpc) is 2.84. The standard InChI is InChI=1S/C17H26N2S/c1-5-17(6-2,19(3)4)16(18)11-13-12-20-15-10-8-7-9-14(13)15/h7-10,12,16H,5-6,11,18H2,1-4H3. The summed E-state index contributed by atoms with van der Waals surface area (Å²) in [6.07, 6.45) is 3.11. The van der Waals surface area contributed by atoms with Crippen molar-refractivity contribution in [1.29, 1.82) is 0 Å². The molecule has 1 unspecified atom stereocenters. The molecule has 0 bridgehead atoms. The van der Waals surface area contributed by atoms with Crippen molar-refractivity contribution in [3.05, 3.63) is 35.2 Å². The van der Waals surface area contributed by atoms with Crippen LogP contribution in [0.15, 0.2) is 29.6 Å². The molecule has 0 aliphatic carbocycles. The molecule has 2 rings (SSSR count). The minimum Gasteiger partial charge on any atom is -0.326 e. The van der Waals surface area contributed by atoms with Crippen molar-refractivity contribution >= 4 is 21.4 Å². The lowest BCUT2D eigenvalue weighted by Gasteiger charge is -2.43. The van der Waals surface area contributed by atoms with Crippen LogP contribution in [0.5, 0.6) is 0 Å². The van der Waals surface area contributed by atoms with Gasteiger partial charge in [0.2, 0.25) is 0 Å². The molecule has 1 aromatic carbocycles. The summed E-state index contributed by atoms with van der Waals surface area (Å²) in [4.78, 5) is 2.31. The molecule has 2 nitrogen and oxygen atoms in total. The van der Waals surface area contributed by atoms with Gasteiger partial charge in [-0.3, -0.25) is 0 Å². The van der Waals surface area contributed by atoms with Gasteiger partial charge in [0.1, 0.15) is 0 Å². The Morgan fingerprint density at radius 2 is 1.85 bits per heavy atom. The second kappa shape index (κ2) is 6.25. The highest BCUT2D eigenvalue weighted by Gasteiger charge is 2.35. The van der Waals surface area contributed by atoms with Crippen molar-refractivity contribution in [2.75, 3.05) is 14.1 Å². The van der Waals surface area contributed by atoms with E-state index < -0.39 is 0 Å². The first-order valence-corrected chi connectivity index (χ1v) is 8.31. The largest absolute Gasteiger partial charge is 0.326 e. The van der Waals surface area contributed by atoms with E-state index in [1.165, 1.54) is 15.6 Å². The molecule has 0 aliphatic heterocycles. The zero-order valence-corrected chi connectivity index (χ0v) is 13.8. The lowest BCUT2D eigenvalue weighted by molar-refractivity contribution is 0.106. The molecule has 1 aromatic heterocycles. The van der Waals surface area contributed by atoms with E-state index in [4.69, 9.17) is 5.73 Å². The second-order valence-electron chi connectivity index (χ2n) is 5.77. The Hall–Kier alpha value is -0.900. The fourth-order valence-electron chi connectivity index (χ4n) is 3.36. The van der Waals surface area contributed by atoms with Crippen molar-refractivity contribution in [3.63, 3.8) is 0 Å². The molecule has 0 amide bonds. The minimum absolute atomic E-state index is 0.0863. The summed E-state index contributed by atoms with van der Waals surface area (Å²) in [6.45, 7) is 4.49. The third-order valence-corrected chi connectivity index (χ3v) is 5.82. The first-order chi connectivity index (χ1) is 9.55. The summed E-state index contributed by atoms with van der Waals surface area (Å²) >= 11 is 1.82. The molecule has 1 atom stereocenters. The molecule has 110 valence electrons. The van der Waals surface area contributed by atoms with Crippen LogP contribution < -0.4 is 5.73 Å². The van der Waals surface area contributed by atoms with E-state index in [1.807, 2.05) is 11.3 Å². The number of fused-ring (bicyclic) bond motifs is 1. The molecule has 2 aromatic rings. The molecule has 20 heavy (non-hydrogen) atoms. The molecule has 0 fully saturated rings. The molecule has 2 N–H and O–H groups in total. The van der Waals surface area contributed by atoms with Gasteiger partial charge in [-0.25, -0.2) is 0 Å². The van der Waals surface area contributed by atoms with Crippen LogP contribution in [0, 0.1) is 0 Å². The topological polar surface area (TPSA) is 29.3 Å². The maximum absolute atomic E-state index is 6.62. The number of thiophene rings is 1. The first-order valence-electron chi connectivity index (χ1n) is 7.43. The van der Waals surface area contributed by atoms with Gasteiger partial charge in [-0.05, 0) is 55.8 Å². The fourth-order valence-corrected chi connectivity index (χ4v) is 4.33. The van der Waals surface area contributed by atoms with Crippen LogP contribution >= 0.6 is 11.3 Å². The predicted molar refractivity (Wildman–Crippen MR) is 90.5 cm³/mol. The fraction of sp³-hybridized carbons (Fsp3) is 0.529. The number of benzene rings is 1. The molecule has 0 saturated heterocycles. The van der Waals surface area contributed by atoms with Gasteiger partial charge in [0.05, 0.1) is 0 Å². The number of nitrogens with two attached hydrogens (primary N) is 1. The minimum atomic E-state index is 0.0863. The van der Waals surface area contributed by atoms with Crippen molar-refractivity contribution in [3.8, 4) is 0 Å². The van der Waals surface area contributed by atoms with Gasteiger partial charge in [-0.15, -0.1) is 11.3 Å². The lowest BCUT2D eigenvalue weighted by Crippen LogP contribution is -2.57. The van der Waals surface area contributed by atoms with E-state index in [0.717, 1.165) is 19.3 Å². The highest BCUT2D eigenvalue weighted by molar-refractivity contribution is 7.17. The summed E-state index contributed by atoms with van der Waals surface area (Å²) < 4.78 is 1.36. The van der Waals surface area contributed by atoms with Crippen LogP contribution in [0.3, 0.4) is 0 Å². The van der Waals surface area contributed by atoms with Gasteiger partial charge in [-0.1, -0.05) is 32.0 Å². The molecule has 1 heterocycles. The number of rotatable bonds is 6. The van der Waals surface area contributed by atoms with Gasteiger partial charge in [0.25, 0.3) is 0 Å². The van der Waals surface area contributed by atoms with Gasteiger partial charge < -0.3 is 10.6 Å². The number of hydrogen-bond acceptors (Lipinski definition) is 3. The molecule has 3 heteroatoms. The van der Waals surface area contributed by atoms with Crippen molar-refractivity contribution < 1.29 is 0 Å². The van der Waals surface area contributed by atoms with E-state index in [-0.39, 0.29) is 11.6 Å². The molecule has 0 saturated carbocycles. The van der Waals surface area contributed by atoms with Crippen LogP contribution in [-0.4, -0.2) is 30.6 Å². The molecule has 0 spiro atoms. The van der Waals surface area contributed by atoms with Crippen LogP contribution in [0.25, 0.3) is 10.1 Å².